The highest BCUT2D eigenvalue weighted by Gasteiger charge is 2.26. The molecule has 0 spiro atoms. The highest BCUT2D eigenvalue weighted by molar-refractivity contribution is 6.02. The van der Waals surface area contributed by atoms with Gasteiger partial charge in [-0.2, -0.15) is 0 Å². The number of carbonyl (C=O) groups is 1. The predicted molar refractivity (Wildman–Crippen MR) is 117 cm³/mol. The summed E-state index contributed by atoms with van der Waals surface area (Å²) in [5, 5.41) is 7.07. The van der Waals surface area contributed by atoms with Crippen LogP contribution in [0.4, 0.5) is 4.39 Å². The van der Waals surface area contributed by atoms with Gasteiger partial charge in [-0.05, 0) is 43.2 Å². The molecular formula is C24H23FN4O3. The summed E-state index contributed by atoms with van der Waals surface area (Å²) in [7, 11) is 1.40. The van der Waals surface area contributed by atoms with Gasteiger partial charge < -0.3 is 14.9 Å². The zero-order valence-corrected chi connectivity index (χ0v) is 18.0. The van der Waals surface area contributed by atoms with Crippen molar-refractivity contribution in [2.24, 2.45) is 5.16 Å². The molecule has 2 aromatic carbocycles. The number of halogens is 1. The Kier molecular flexibility index (Phi) is 6.11. The number of nitrogens with zero attached hydrogens (tertiary/aromatic N) is 3. The van der Waals surface area contributed by atoms with Crippen molar-refractivity contribution >= 4 is 11.6 Å². The van der Waals surface area contributed by atoms with Gasteiger partial charge >= 0.3 is 0 Å². The van der Waals surface area contributed by atoms with Crippen molar-refractivity contribution in [3.05, 3.63) is 88.8 Å². The number of hydrogen-bond donors (Lipinski definition) is 1. The van der Waals surface area contributed by atoms with Gasteiger partial charge in [-0.3, -0.25) is 4.79 Å². The van der Waals surface area contributed by atoms with E-state index >= 15 is 0 Å². The lowest BCUT2D eigenvalue weighted by molar-refractivity contribution is 0.0857. The zero-order chi connectivity index (χ0) is 22.7. The first-order valence-electron chi connectivity index (χ1n) is 10.2. The van der Waals surface area contributed by atoms with Crippen LogP contribution in [0.15, 0.2) is 59.8 Å². The lowest BCUT2D eigenvalue weighted by Gasteiger charge is -2.15. The number of aromatic nitrogens is 2. The number of hydrogen-bond acceptors (Lipinski definition) is 6. The van der Waals surface area contributed by atoms with Gasteiger partial charge in [-0.1, -0.05) is 41.6 Å². The highest BCUT2D eigenvalue weighted by Crippen LogP contribution is 2.29. The number of methoxy groups -OCH3 is 1. The van der Waals surface area contributed by atoms with Crippen LogP contribution >= 0.6 is 0 Å². The molecule has 0 fully saturated rings. The predicted octanol–water partition coefficient (Wildman–Crippen LogP) is 4.29. The zero-order valence-electron chi connectivity index (χ0n) is 18.0. The molecule has 0 radical (unpaired) electrons. The van der Waals surface area contributed by atoms with Crippen LogP contribution in [0.5, 0.6) is 5.75 Å². The van der Waals surface area contributed by atoms with Gasteiger partial charge in [0.2, 0.25) is 0 Å². The molecule has 1 aliphatic heterocycles. The average molecular weight is 434 g/mol. The summed E-state index contributed by atoms with van der Waals surface area (Å²) >= 11 is 0. The fourth-order valence-electron chi connectivity index (χ4n) is 3.51. The molecule has 0 saturated carbocycles. The molecule has 1 N–H and O–H groups in total. The van der Waals surface area contributed by atoms with Crippen LogP contribution in [0.2, 0.25) is 0 Å². The number of benzene rings is 2. The summed E-state index contributed by atoms with van der Waals surface area (Å²) in [6.45, 7) is 3.53. The van der Waals surface area contributed by atoms with Crippen LogP contribution in [-0.4, -0.2) is 28.7 Å². The van der Waals surface area contributed by atoms with E-state index in [9.17, 15) is 9.18 Å². The summed E-state index contributed by atoms with van der Waals surface area (Å²) in [5.41, 5.74) is 3.17. The SMILES string of the molecule is COc1cc(C(C)NC(=O)c2cc(C3=NOC(c4ccccc4)C3)nc(C)n2)ccc1F. The van der Waals surface area contributed by atoms with E-state index < -0.39 is 5.82 Å². The molecule has 1 aliphatic rings. The fraction of sp³-hybridized carbons (Fsp3) is 0.250. The molecule has 3 aromatic rings. The van der Waals surface area contributed by atoms with Gasteiger partial charge in [-0.15, -0.1) is 0 Å². The van der Waals surface area contributed by atoms with E-state index in [4.69, 9.17) is 9.57 Å². The second kappa shape index (κ2) is 9.13. The number of nitrogens with one attached hydrogen (secondary N) is 1. The molecule has 8 heteroatoms. The summed E-state index contributed by atoms with van der Waals surface area (Å²) in [6, 6.07) is 15.5. The van der Waals surface area contributed by atoms with Gasteiger partial charge in [0.1, 0.15) is 17.2 Å². The standard InChI is InChI=1S/C24H23FN4O3/c1-14(17-9-10-18(25)23(11-17)31-3)26-24(30)21-12-19(27-15(2)28-21)20-13-22(32-29-20)16-7-5-4-6-8-16/h4-12,14,22H,13H2,1-3H3,(H,26,30). The van der Waals surface area contributed by atoms with E-state index in [1.165, 1.54) is 13.2 Å². The van der Waals surface area contributed by atoms with Crippen molar-refractivity contribution in [3.8, 4) is 5.75 Å². The van der Waals surface area contributed by atoms with E-state index in [1.807, 2.05) is 30.3 Å². The van der Waals surface area contributed by atoms with Gasteiger partial charge in [-0.25, -0.2) is 14.4 Å². The molecule has 0 bridgehead atoms. The quantitative estimate of drug-likeness (QED) is 0.626. The summed E-state index contributed by atoms with van der Waals surface area (Å²) in [4.78, 5) is 27.2. The first kappa shape index (κ1) is 21.4. The first-order chi connectivity index (χ1) is 15.4. The normalized spacial score (nSPS) is 16.1. The molecule has 0 aliphatic carbocycles. The van der Waals surface area contributed by atoms with Crippen molar-refractivity contribution in [3.63, 3.8) is 0 Å². The minimum Gasteiger partial charge on any atom is -0.494 e. The Morgan fingerprint density at radius 3 is 2.72 bits per heavy atom. The van der Waals surface area contributed by atoms with Crippen molar-refractivity contribution < 1.29 is 18.8 Å². The van der Waals surface area contributed by atoms with Crippen molar-refractivity contribution in [2.75, 3.05) is 7.11 Å². The minimum atomic E-state index is -0.459. The number of oxime groups is 1. The molecule has 32 heavy (non-hydrogen) atoms. The van der Waals surface area contributed by atoms with E-state index in [-0.39, 0.29) is 29.5 Å². The van der Waals surface area contributed by atoms with Crippen LogP contribution in [0.3, 0.4) is 0 Å². The molecule has 1 aromatic heterocycles. The Hall–Kier alpha value is -3.81. The molecule has 2 unspecified atom stereocenters. The molecular weight excluding hydrogens is 411 g/mol. The maximum atomic E-state index is 13.7. The Bertz CT molecular complexity index is 1170. The number of amides is 1. The number of ether oxygens (including phenoxy) is 1. The topological polar surface area (TPSA) is 85.7 Å². The Morgan fingerprint density at radius 2 is 1.97 bits per heavy atom. The second-order valence-electron chi connectivity index (χ2n) is 7.52. The van der Waals surface area contributed by atoms with Crippen molar-refractivity contribution in [2.45, 2.75) is 32.4 Å². The fourth-order valence-corrected chi connectivity index (χ4v) is 3.51. The van der Waals surface area contributed by atoms with Crippen LogP contribution in [0, 0.1) is 12.7 Å². The van der Waals surface area contributed by atoms with Gasteiger partial charge in [0.25, 0.3) is 5.91 Å². The maximum absolute atomic E-state index is 13.7. The van der Waals surface area contributed by atoms with Crippen molar-refractivity contribution in [1.29, 1.82) is 0 Å². The first-order valence-corrected chi connectivity index (χ1v) is 10.2. The van der Waals surface area contributed by atoms with Crippen molar-refractivity contribution in [1.82, 2.24) is 15.3 Å². The van der Waals surface area contributed by atoms with E-state index in [0.717, 1.165) is 5.56 Å². The van der Waals surface area contributed by atoms with Crippen LogP contribution in [-0.2, 0) is 4.84 Å². The van der Waals surface area contributed by atoms with E-state index in [1.54, 1.807) is 32.0 Å². The average Bonchev–Trinajstić information content (AvgIpc) is 3.30. The molecule has 0 saturated heterocycles. The van der Waals surface area contributed by atoms with E-state index in [0.29, 0.717) is 29.2 Å². The molecule has 2 heterocycles. The maximum Gasteiger partial charge on any atom is 0.270 e. The smallest absolute Gasteiger partial charge is 0.270 e. The second-order valence-corrected chi connectivity index (χ2v) is 7.52. The summed E-state index contributed by atoms with van der Waals surface area (Å²) in [5.74, 6) is -0.253. The number of aryl methyl sites for hydroxylation is 1. The van der Waals surface area contributed by atoms with Gasteiger partial charge in [0.05, 0.1) is 18.8 Å². The highest BCUT2D eigenvalue weighted by atomic mass is 19.1. The third-order valence-corrected chi connectivity index (χ3v) is 5.23. The van der Waals surface area contributed by atoms with Gasteiger partial charge in [0.15, 0.2) is 17.7 Å². The number of rotatable bonds is 6. The minimum absolute atomic E-state index is 0.121. The van der Waals surface area contributed by atoms with Crippen LogP contribution < -0.4 is 10.1 Å². The third-order valence-electron chi connectivity index (χ3n) is 5.23. The van der Waals surface area contributed by atoms with Crippen LogP contribution in [0.25, 0.3) is 0 Å². The Labute approximate surface area is 185 Å². The largest absolute Gasteiger partial charge is 0.494 e. The molecule has 4 rings (SSSR count). The summed E-state index contributed by atoms with van der Waals surface area (Å²) < 4.78 is 18.7. The molecule has 1 amide bonds. The summed E-state index contributed by atoms with van der Waals surface area (Å²) in [6.07, 6.45) is 0.361. The third kappa shape index (κ3) is 4.59. The molecule has 7 nitrogen and oxygen atoms in total. The van der Waals surface area contributed by atoms with E-state index in [2.05, 4.69) is 20.4 Å². The molecule has 2 atom stereocenters. The lowest BCUT2D eigenvalue weighted by atomic mass is 10.0. The Morgan fingerprint density at radius 1 is 1.19 bits per heavy atom. The number of carbonyl (C=O) groups excluding carboxylic acids is 1. The van der Waals surface area contributed by atoms with Gasteiger partial charge in [0, 0.05) is 6.42 Å². The molecule has 164 valence electrons. The Balaban J connectivity index is 1.49. The van der Waals surface area contributed by atoms with Crippen LogP contribution in [0.1, 0.15) is 58.6 Å². The lowest BCUT2D eigenvalue weighted by Crippen LogP contribution is -2.28. The monoisotopic (exact) mass is 434 g/mol.